The fourth-order valence-corrected chi connectivity index (χ4v) is 2.25. The van der Waals surface area contributed by atoms with Crippen molar-refractivity contribution in [3.05, 3.63) is 18.2 Å². The first kappa shape index (κ1) is 8.75. The molecule has 0 atom stereocenters. The van der Waals surface area contributed by atoms with Gasteiger partial charge in [0.15, 0.2) is 0 Å². The summed E-state index contributed by atoms with van der Waals surface area (Å²) in [5.74, 6) is 2.11. The standard InChI is InChI=1S/C10H13NOS/c1-2-12-8-3-4-10-9(7-8)11-5-6-13-10/h3-4,7,11H,2,5-6H2,1H3. The first-order valence-electron chi connectivity index (χ1n) is 4.53. The monoisotopic (exact) mass is 195 g/mol. The average Bonchev–Trinajstić information content (AvgIpc) is 2.18. The van der Waals surface area contributed by atoms with Gasteiger partial charge >= 0.3 is 0 Å². The maximum absolute atomic E-state index is 5.42. The third-order valence-electron chi connectivity index (χ3n) is 1.94. The molecule has 0 amide bonds. The molecule has 3 heteroatoms. The van der Waals surface area contributed by atoms with Crippen LogP contribution in [0.15, 0.2) is 23.1 Å². The molecule has 0 saturated heterocycles. The van der Waals surface area contributed by atoms with E-state index in [0.29, 0.717) is 0 Å². The molecule has 1 N–H and O–H groups in total. The number of fused-ring (bicyclic) bond motifs is 1. The summed E-state index contributed by atoms with van der Waals surface area (Å²) in [6.07, 6.45) is 0. The topological polar surface area (TPSA) is 21.3 Å². The number of benzene rings is 1. The predicted octanol–water partition coefficient (Wildman–Crippen LogP) is 2.60. The first-order chi connectivity index (χ1) is 6.40. The molecule has 1 heterocycles. The maximum Gasteiger partial charge on any atom is 0.121 e. The zero-order chi connectivity index (χ0) is 9.10. The number of rotatable bonds is 2. The van der Waals surface area contributed by atoms with Gasteiger partial charge in [0.05, 0.1) is 12.3 Å². The molecule has 1 aliphatic heterocycles. The highest BCUT2D eigenvalue weighted by molar-refractivity contribution is 7.99. The van der Waals surface area contributed by atoms with Crippen LogP contribution >= 0.6 is 11.8 Å². The van der Waals surface area contributed by atoms with Crippen LogP contribution in [0.2, 0.25) is 0 Å². The minimum atomic E-state index is 0.728. The minimum absolute atomic E-state index is 0.728. The van der Waals surface area contributed by atoms with Crippen LogP contribution in [0.1, 0.15) is 6.92 Å². The summed E-state index contributed by atoms with van der Waals surface area (Å²) in [4.78, 5) is 1.33. The predicted molar refractivity (Wildman–Crippen MR) is 56.8 cm³/mol. The van der Waals surface area contributed by atoms with Gasteiger partial charge in [0.25, 0.3) is 0 Å². The zero-order valence-electron chi connectivity index (χ0n) is 7.67. The molecule has 0 radical (unpaired) electrons. The van der Waals surface area contributed by atoms with E-state index in [1.165, 1.54) is 10.6 Å². The van der Waals surface area contributed by atoms with Crippen molar-refractivity contribution in [2.45, 2.75) is 11.8 Å². The quantitative estimate of drug-likeness (QED) is 0.783. The number of anilines is 1. The third-order valence-corrected chi connectivity index (χ3v) is 3.01. The Hall–Kier alpha value is -0.830. The van der Waals surface area contributed by atoms with Crippen LogP contribution in [-0.2, 0) is 0 Å². The van der Waals surface area contributed by atoms with Crippen LogP contribution in [0.4, 0.5) is 5.69 Å². The van der Waals surface area contributed by atoms with Gasteiger partial charge in [0, 0.05) is 23.3 Å². The molecule has 0 spiro atoms. The Morgan fingerprint density at radius 3 is 3.31 bits per heavy atom. The highest BCUT2D eigenvalue weighted by Gasteiger charge is 2.08. The van der Waals surface area contributed by atoms with Crippen molar-refractivity contribution in [3.8, 4) is 5.75 Å². The van der Waals surface area contributed by atoms with E-state index in [9.17, 15) is 0 Å². The molecular formula is C10H13NOS. The molecule has 0 saturated carbocycles. The van der Waals surface area contributed by atoms with Crippen LogP contribution in [0.3, 0.4) is 0 Å². The minimum Gasteiger partial charge on any atom is -0.494 e. The molecule has 1 aliphatic rings. The zero-order valence-corrected chi connectivity index (χ0v) is 8.49. The van der Waals surface area contributed by atoms with Gasteiger partial charge in [-0.3, -0.25) is 0 Å². The molecule has 0 fully saturated rings. The number of hydrogen-bond donors (Lipinski definition) is 1. The van der Waals surface area contributed by atoms with Crippen LogP contribution in [0.5, 0.6) is 5.75 Å². The van der Waals surface area contributed by atoms with Crippen LogP contribution < -0.4 is 10.1 Å². The van der Waals surface area contributed by atoms with Gasteiger partial charge < -0.3 is 10.1 Å². The Labute approximate surface area is 82.7 Å². The molecule has 2 nitrogen and oxygen atoms in total. The highest BCUT2D eigenvalue weighted by atomic mass is 32.2. The Kier molecular flexibility index (Phi) is 2.64. The maximum atomic E-state index is 5.42. The lowest BCUT2D eigenvalue weighted by atomic mass is 10.3. The molecule has 1 aromatic carbocycles. The van der Waals surface area contributed by atoms with E-state index in [1.807, 2.05) is 24.8 Å². The summed E-state index contributed by atoms with van der Waals surface area (Å²) in [7, 11) is 0. The van der Waals surface area contributed by atoms with E-state index in [-0.39, 0.29) is 0 Å². The number of hydrogen-bond acceptors (Lipinski definition) is 3. The van der Waals surface area contributed by atoms with Crippen LogP contribution in [0, 0.1) is 0 Å². The smallest absolute Gasteiger partial charge is 0.121 e. The van der Waals surface area contributed by atoms with E-state index >= 15 is 0 Å². The summed E-state index contributed by atoms with van der Waals surface area (Å²) in [5.41, 5.74) is 1.21. The van der Waals surface area contributed by atoms with E-state index < -0.39 is 0 Å². The van der Waals surface area contributed by atoms with Gasteiger partial charge in [-0.2, -0.15) is 0 Å². The summed E-state index contributed by atoms with van der Waals surface area (Å²) in [6.45, 7) is 3.78. The molecule has 0 bridgehead atoms. The number of nitrogens with one attached hydrogen (secondary N) is 1. The van der Waals surface area contributed by atoms with Crippen molar-refractivity contribution >= 4 is 17.4 Å². The lowest BCUT2D eigenvalue weighted by Gasteiger charge is -2.17. The van der Waals surface area contributed by atoms with Gasteiger partial charge in [-0.15, -0.1) is 11.8 Å². The Morgan fingerprint density at radius 1 is 1.54 bits per heavy atom. The van der Waals surface area contributed by atoms with Crippen molar-refractivity contribution in [1.29, 1.82) is 0 Å². The largest absolute Gasteiger partial charge is 0.494 e. The number of ether oxygens (including phenoxy) is 1. The van der Waals surface area contributed by atoms with E-state index in [0.717, 1.165) is 24.7 Å². The van der Waals surface area contributed by atoms with Gasteiger partial charge in [-0.05, 0) is 19.1 Å². The summed E-state index contributed by atoms with van der Waals surface area (Å²) >= 11 is 1.90. The molecule has 1 aromatic rings. The molecule has 0 aliphatic carbocycles. The second kappa shape index (κ2) is 3.92. The molecule has 70 valence electrons. The lowest BCUT2D eigenvalue weighted by molar-refractivity contribution is 0.340. The first-order valence-corrected chi connectivity index (χ1v) is 5.52. The normalized spacial score (nSPS) is 14.5. The van der Waals surface area contributed by atoms with Crippen molar-refractivity contribution < 1.29 is 4.74 Å². The van der Waals surface area contributed by atoms with Crippen molar-refractivity contribution in [1.82, 2.24) is 0 Å². The Bertz CT molecular complexity index is 301. The third kappa shape index (κ3) is 1.91. The SMILES string of the molecule is CCOc1ccc2c(c1)NCCS2. The number of thioether (sulfide) groups is 1. The molecular weight excluding hydrogens is 182 g/mol. The highest BCUT2D eigenvalue weighted by Crippen LogP contribution is 2.33. The summed E-state index contributed by atoms with van der Waals surface area (Å²) < 4.78 is 5.42. The molecule has 2 rings (SSSR count). The summed E-state index contributed by atoms with van der Waals surface area (Å²) in [6, 6.07) is 6.23. The van der Waals surface area contributed by atoms with Crippen LogP contribution in [-0.4, -0.2) is 18.9 Å². The van der Waals surface area contributed by atoms with E-state index in [4.69, 9.17) is 4.74 Å². The van der Waals surface area contributed by atoms with Gasteiger partial charge in [-0.1, -0.05) is 0 Å². The summed E-state index contributed by atoms with van der Waals surface area (Å²) in [5, 5.41) is 3.36. The molecule has 0 aromatic heterocycles. The molecule has 0 unspecified atom stereocenters. The molecule has 13 heavy (non-hydrogen) atoms. The van der Waals surface area contributed by atoms with Gasteiger partial charge in [0.2, 0.25) is 0 Å². The van der Waals surface area contributed by atoms with Gasteiger partial charge in [0.1, 0.15) is 5.75 Å². The lowest BCUT2D eigenvalue weighted by Crippen LogP contribution is -2.10. The Morgan fingerprint density at radius 2 is 2.46 bits per heavy atom. The fraction of sp³-hybridized carbons (Fsp3) is 0.400. The van der Waals surface area contributed by atoms with Crippen molar-refractivity contribution in [3.63, 3.8) is 0 Å². The average molecular weight is 195 g/mol. The van der Waals surface area contributed by atoms with Gasteiger partial charge in [-0.25, -0.2) is 0 Å². The Balaban J connectivity index is 2.24. The van der Waals surface area contributed by atoms with Crippen LogP contribution in [0.25, 0.3) is 0 Å². The second-order valence-corrected chi connectivity index (χ2v) is 4.00. The fourth-order valence-electron chi connectivity index (χ4n) is 1.38. The second-order valence-electron chi connectivity index (χ2n) is 2.87. The van der Waals surface area contributed by atoms with E-state index in [2.05, 4.69) is 17.4 Å². The van der Waals surface area contributed by atoms with Crippen molar-refractivity contribution in [2.75, 3.05) is 24.2 Å². The van der Waals surface area contributed by atoms with E-state index in [1.54, 1.807) is 0 Å². The van der Waals surface area contributed by atoms with Crippen molar-refractivity contribution in [2.24, 2.45) is 0 Å².